The maximum absolute atomic E-state index is 11.8. The zero-order valence-electron chi connectivity index (χ0n) is 9.96. The molecule has 1 amide bonds. The van der Waals surface area contributed by atoms with Crippen LogP contribution in [0.1, 0.15) is 25.3 Å². The van der Waals surface area contributed by atoms with Gasteiger partial charge >= 0.3 is 0 Å². The molecule has 0 saturated heterocycles. The molecule has 0 aliphatic rings. The predicted molar refractivity (Wildman–Crippen MR) is 68.8 cm³/mol. The van der Waals surface area contributed by atoms with E-state index in [4.69, 9.17) is 16.9 Å². The van der Waals surface area contributed by atoms with Crippen molar-refractivity contribution in [3.05, 3.63) is 28.8 Å². The zero-order chi connectivity index (χ0) is 12.8. The Kier molecular flexibility index (Phi) is 4.99. The smallest absolute Gasteiger partial charge is 0.241 e. The molecule has 0 radical (unpaired) electrons. The Bertz CT molecular complexity index is 451. The van der Waals surface area contributed by atoms with E-state index in [0.29, 0.717) is 17.1 Å². The second-order valence-electron chi connectivity index (χ2n) is 3.92. The average Bonchev–Trinajstić information content (AvgIpc) is 2.30. The third-order valence-electron chi connectivity index (χ3n) is 2.51. The fraction of sp³-hybridized carbons (Fsp3) is 0.385. The van der Waals surface area contributed by atoms with E-state index in [-0.39, 0.29) is 5.91 Å². The van der Waals surface area contributed by atoms with Crippen molar-refractivity contribution in [2.24, 2.45) is 5.92 Å². The van der Waals surface area contributed by atoms with Crippen LogP contribution in [0, 0.1) is 24.2 Å². The lowest BCUT2D eigenvalue weighted by Gasteiger charge is -2.11. The van der Waals surface area contributed by atoms with Crippen molar-refractivity contribution < 1.29 is 4.79 Å². The summed E-state index contributed by atoms with van der Waals surface area (Å²) in [5.74, 6) is -0.863. The van der Waals surface area contributed by atoms with Crippen molar-refractivity contribution in [2.75, 3.05) is 5.32 Å². The van der Waals surface area contributed by atoms with E-state index in [1.807, 2.05) is 26.0 Å². The van der Waals surface area contributed by atoms with Crippen LogP contribution in [0.2, 0.25) is 5.02 Å². The van der Waals surface area contributed by atoms with E-state index in [1.165, 1.54) is 0 Å². The summed E-state index contributed by atoms with van der Waals surface area (Å²) in [6.07, 6.45) is 1.38. The summed E-state index contributed by atoms with van der Waals surface area (Å²) < 4.78 is 0. The first-order valence-electron chi connectivity index (χ1n) is 5.55. The van der Waals surface area contributed by atoms with Gasteiger partial charge in [0.15, 0.2) is 0 Å². The van der Waals surface area contributed by atoms with Crippen molar-refractivity contribution in [3.8, 4) is 6.07 Å². The summed E-state index contributed by atoms with van der Waals surface area (Å²) in [6, 6.07) is 7.30. The third-order valence-corrected chi connectivity index (χ3v) is 2.74. The standard InChI is InChI=1S/C13H15ClN2O/c1-3-4-10(8-15)13(17)16-12-7-11(14)6-5-9(12)2/h5-7,10H,3-4H2,1-2H3,(H,16,17). The molecule has 4 heteroatoms. The molecule has 0 aliphatic carbocycles. The Morgan fingerprint density at radius 1 is 1.59 bits per heavy atom. The molecule has 0 aromatic heterocycles. The van der Waals surface area contributed by atoms with Crippen LogP contribution < -0.4 is 5.32 Å². The maximum atomic E-state index is 11.8. The molecule has 1 aromatic carbocycles. The SMILES string of the molecule is CCCC(C#N)C(=O)Nc1cc(Cl)ccc1C. The first-order chi connectivity index (χ1) is 8.08. The van der Waals surface area contributed by atoms with Crippen molar-refractivity contribution in [1.29, 1.82) is 5.26 Å². The molecule has 1 rings (SSSR count). The largest absolute Gasteiger partial charge is 0.325 e. The molecule has 3 nitrogen and oxygen atoms in total. The molecule has 1 atom stereocenters. The average molecular weight is 251 g/mol. The number of nitriles is 1. The normalized spacial score (nSPS) is 11.6. The van der Waals surface area contributed by atoms with Crippen LogP contribution in [0.15, 0.2) is 18.2 Å². The summed E-state index contributed by atoms with van der Waals surface area (Å²) in [4.78, 5) is 11.8. The number of carbonyl (C=O) groups is 1. The molecule has 90 valence electrons. The minimum absolute atomic E-state index is 0.264. The third kappa shape index (κ3) is 3.76. The molecule has 0 bridgehead atoms. The van der Waals surface area contributed by atoms with E-state index < -0.39 is 5.92 Å². The highest BCUT2D eigenvalue weighted by Gasteiger charge is 2.17. The fourth-order valence-corrected chi connectivity index (χ4v) is 1.66. The van der Waals surface area contributed by atoms with E-state index >= 15 is 0 Å². The van der Waals surface area contributed by atoms with Gasteiger partial charge in [0, 0.05) is 10.7 Å². The van der Waals surface area contributed by atoms with Crippen LogP contribution in [0.25, 0.3) is 0 Å². The van der Waals surface area contributed by atoms with Crippen LogP contribution in [0.3, 0.4) is 0 Å². The molecule has 17 heavy (non-hydrogen) atoms. The Morgan fingerprint density at radius 3 is 2.88 bits per heavy atom. The lowest BCUT2D eigenvalue weighted by atomic mass is 10.0. The second kappa shape index (κ2) is 6.27. The van der Waals surface area contributed by atoms with Crippen molar-refractivity contribution >= 4 is 23.2 Å². The van der Waals surface area contributed by atoms with Gasteiger partial charge in [-0.05, 0) is 31.0 Å². The highest BCUT2D eigenvalue weighted by Crippen LogP contribution is 2.21. The lowest BCUT2D eigenvalue weighted by molar-refractivity contribution is -0.118. The molecule has 0 spiro atoms. The number of rotatable bonds is 4. The van der Waals surface area contributed by atoms with Crippen LogP contribution >= 0.6 is 11.6 Å². The molecule has 1 aromatic rings. The molecular weight excluding hydrogens is 236 g/mol. The van der Waals surface area contributed by atoms with Gasteiger partial charge in [0.2, 0.25) is 5.91 Å². The highest BCUT2D eigenvalue weighted by atomic mass is 35.5. The van der Waals surface area contributed by atoms with Gasteiger partial charge < -0.3 is 5.32 Å². The van der Waals surface area contributed by atoms with Crippen LogP contribution in [-0.2, 0) is 4.79 Å². The molecule has 0 aliphatic heterocycles. The quantitative estimate of drug-likeness (QED) is 0.889. The minimum Gasteiger partial charge on any atom is -0.325 e. The number of aryl methyl sites for hydroxylation is 1. The number of nitrogens with one attached hydrogen (secondary N) is 1. The van der Waals surface area contributed by atoms with Gasteiger partial charge in [-0.3, -0.25) is 4.79 Å². The monoisotopic (exact) mass is 250 g/mol. The van der Waals surface area contributed by atoms with Gasteiger partial charge in [0.1, 0.15) is 5.92 Å². The van der Waals surface area contributed by atoms with Crippen molar-refractivity contribution in [1.82, 2.24) is 0 Å². The molecule has 0 fully saturated rings. The summed E-state index contributed by atoms with van der Waals surface area (Å²) in [5, 5.41) is 12.2. The Hall–Kier alpha value is -1.53. The molecular formula is C13H15ClN2O. The molecule has 0 saturated carbocycles. The first kappa shape index (κ1) is 13.5. The highest BCUT2D eigenvalue weighted by molar-refractivity contribution is 6.31. The van der Waals surface area contributed by atoms with Gasteiger partial charge in [-0.25, -0.2) is 0 Å². The lowest BCUT2D eigenvalue weighted by Crippen LogP contribution is -2.21. The summed E-state index contributed by atoms with van der Waals surface area (Å²) in [6.45, 7) is 3.83. The number of benzene rings is 1. The van der Waals surface area contributed by atoms with Gasteiger partial charge in [0.05, 0.1) is 6.07 Å². The van der Waals surface area contributed by atoms with Gasteiger partial charge in [0.25, 0.3) is 0 Å². The van der Waals surface area contributed by atoms with Gasteiger partial charge in [-0.2, -0.15) is 5.26 Å². The number of anilines is 1. The summed E-state index contributed by atoms with van der Waals surface area (Å²) >= 11 is 5.86. The summed E-state index contributed by atoms with van der Waals surface area (Å²) in [5.41, 5.74) is 1.59. The number of halogens is 1. The van der Waals surface area contributed by atoms with Gasteiger partial charge in [-0.1, -0.05) is 31.0 Å². The summed E-state index contributed by atoms with van der Waals surface area (Å²) in [7, 11) is 0. The number of hydrogen-bond acceptors (Lipinski definition) is 2. The van der Waals surface area contributed by atoms with Crippen LogP contribution in [0.5, 0.6) is 0 Å². The number of hydrogen-bond donors (Lipinski definition) is 1. The molecule has 1 unspecified atom stereocenters. The van der Waals surface area contributed by atoms with E-state index in [1.54, 1.807) is 12.1 Å². The minimum atomic E-state index is -0.599. The van der Waals surface area contributed by atoms with Crippen molar-refractivity contribution in [3.63, 3.8) is 0 Å². The van der Waals surface area contributed by atoms with Crippen molar-refractivity contribution in [2.45, 2.75) is 26.7 Å². The zero-order valence-corrected chi connectivity index (χ0v) is 10.7. The number of amides is 1. The van der Waals surface area contributed by atoms with Crippen LogP contribution in [0.4, 0.5) is 5.69 Å². The molecule has 0 heterocycles. The van der Waals surface area contributed by atoms with E-state index in [0.717, 1.165) is 12.0 Å². The topological polar surface area (TPSA) is 52.9 Å². The molecule has 1 N–H and O–H groups in total. The van der Waals surface area contributed by atoms with Gasteiger partial charge in [-0.15, -0.1) is 0 Å². The number of carbonyl (C=O) groups excluding carboxylic acids is 1. The number of nitrogens with zero attached hydrogens (tertiary/aromatic N) is 1. The Balaban J connectivity index is 2.80. The Morgan fingerprint density at radius 2 is 2.29 bits per heavy atom. The maximum Gasteiger partial charge on any atom is 0.241 e. The predicted octanol–water partition coefficient (Wildman–Crippen LogP) is 3.53. The second-order valence-corrected chi connectivity index (χ2v) is 4.36. The fourth-order valence-electron chi connectivity index (χ4n) is 1.49. The van der Waals surface area contributed by atoms with E-state index in [9.17, 15) is 4.79 Å². The Labute approximate surface area is 106 Å². The first-order valence-corrected chi connectivity index (χ1v) is 5.93. The van der Waals surface area contributed by atoms with E-state index in [2.05, 4.69) is 5.32 Å². The van der Waals surface area contributed by atoms with Crippen LogP contribution in [-0.4, -0.2) is 5.91 Å².